The van der Waals surface area contributed by atoms with Crippen molar-refractivity contribution in [3.05, 3.63) is 32.5 Å². The molecule has 1 amide bonds. The highest BCUT2D eigenvalue weighted by Gasteiger charge is 2.15. The molecule has 0 aliphatic heterocycles. The number of carbonyl (C=O) groups excluding carboxylic acids is 1. The molecular weight excluding hydrogens is 272 g/mol. The van der Waals surface area contributed by atoms with Crippen LogP contribution < -0.4 is 5.32 Å². The van der Waals surface area contributed by atoms with Crippen molar-refractivity contribution in [3.63, 3.8) is 0 Å². The van der Waals surface area contributed by atoms with Crippen LogP contribution in [0.4, 0.5) is 5.95 Å². The number of anilines is 1. The standard InChI is InChI=1S/C11H11ClN4OS/c1-5-4-8(12)15-11(13-5)16-10(17)9-6(2)14-7(3)18-9/h4H,1-3H3,(H,13,15,16,17). The van der Waals surface area contributed by atoms with E-state index in [-0.39, 0.29) is 11.9 Å². The van der Waals surface area contributed by atoms with Crippen LogP contribution in [-0.2, 0) is 0 Å². The second-order valence-electron chi connectivity index (χ2n) is 3.76. The summed E-state index contributed by atoms with van der Waals surface area (Å²) >= 11 is 7.14. The number of nitrogens with zero attached hydrogens (tertiary/aromatic N) is 3. The van der Waals surface area contributed by atoms with Crippen molar-refractivity contribution in [2.24, 2.45) is 0 Å². The molecule has 0 saturated carbocycles. The van der Waals surface area contributed by atoms with E-state index < -0.39 is 0 Å². The lowest BCUT2D eigenvalue weighted by Gasteiger charge is -2.03. The fourth-order valence-corrected chi connectivity index (χ4v) is 2.54. The van der Waals surface area contributed by atoms with Crippen LogP contribution in [0.5, 0.6) is 0 Å². The van der Waals surface area contributed by atoms with Gasteiger partial charge in [0, 0.05) is 5.69 Å². The number of halogens is 1. The maximum atomic E-state index is 12.0. The van der Waals surface area contributed by atoms with E-state index in [1.54, 1.807) is 19.9 Å². The summed E-state index contributed by atoms with van der Waals surface area (Å²) in [6, 6.07) is 1.62. The predicted octanol–water partition coefficient (Wildman–Crippen LogP) is 2.76. The first-order chi connectivity index (χ1) is 8.45. The summed E-state index contributed by atoms with van der Waals surface area (Å²) in [6.45, 7) is 5.43. The molecule has 0 atom stereocenters. The van der Waals surface area contributed by atoms with Gasteiger partial charge in [0.2, 0.25) is 5.95 Å². The normalized spacial score (nSPS) is 10.4. The van der Waals surface area contributed by atoms with Crippen LogP contribution in [0.25, 0.3) is 0 Å². The molecule has 0 spiro atoms. The first kappa shape index (κ1) is 12.9. The fraction of sp³-hybridized carbons (Fsp3) is 0.273. The molecule has 7 heteroatoms. The van der Waals surface area contributed by atoms with Gasteiger partial charge >= 0.3 is 0 Å². The molecule has 0 radical (unpaired) electrons. The Kier molecular flexibility index (Phi) is 3.58. The summed E-state index contributed by atoms with van der Waals surface area (Å²) in [6.07, 6.45) is 0. The third-order valence-electron chi connectivity index (χ3n) is 2.16. The molecule has 0 fully saturated rings. The predicted molar refractivity (Wildman–Crippen MR) is 71.3 cm³/mol. The average molecular weight is 283 g/mol. The Morgan fingerprint density at radius 3 is 2.56 bits per heavy atom. The first-order valence-electron chi connectivity index (χ1n) is 5.22. The number of nitrogens with one attached hydrogen (secondary N) is 1. The molecular formula is C11H11ClN4OS. The molecule has 2 rings (SSSR count). The van der Waals surface area contributed by atoms with E-state index >= 15 is 0 Å². The molecule has 0 aliphatic carbocycles. The number of thiazole rings is 1. The summed E-state index contributed by atoms with van der Waals surface area (Å²) in [4.78, 5) is 24.8. The number of rotatable bonds is 2. The molecule has 2 aromatic heterocycles. The van der Waals surface area contributed by atoms with Gasteiger partial charge < -0.3 is 0 Å². The molecule has 0 unspecified atom stereocenters. The third-order valence-corrected chi connectivity index (χ3v) is 3.42. The summed E-state index contributed by atoms with van der Waals surface area (Å²) < 4.78 is 0. The van der Waals surface area contributed by atoms with Crippen LogP contribution in [0.1, 0.15) is 26.1 Å². The molecule has 0 bridgehead atoms. The maximum Gasteiger partial charge on any atom is 0.270 e. The highest BCUT2D eigenvalue weighted by molar-refractivity contribution is 7.13. The molecule has 2 heterocycles. The number of hydrogen-bond donors (Lipinski definition) is 1. The zero-order valence-corrected chi connectivity index (χ0v) is 11.7. The summed E-state index contributed by atoms with van der Waals surface area (Å²) in [5.41, 5.74) is 1.40. The minimum Gasteiger partial charge on any atom is -0.290 e. The number of amides is 1. The van der Waals surface area contributed by atoms with Crippen LogP contribution >= 0.6 is 22.9 Å². The Balaban J connectivity index is 2.23. The zero-order valence-electron chi connectivity index (χ0n) is 10.1. The Labute approximate surface area is 113 Å². The molecule has 1 N–H and O–H groups in total. The lowest BCUT2D eigenvalue weighted by atomic mass is 10.4. The van der Waals surface area contributed by atoms with E-state index in [1.165, 1.54) is 11.3 Å². The minimum absolute atomic E-state index is 0.204. The quantitative estimate of drug-likeness (QED) is 0.860. The van der Waals surface area contributed by atoms with Crippen molar-refractivity contribution >= 4 is 34.8 Å². The van der Waals surface area contributed by atoms with Crippen molar-refractivity contribution in [2.45, 2.75) is 20.8 Å². The number of aromatic nitrogens is 3. The number of carbonyl (C=O) groups is 1. The first-order valence-corrected chi connectivity index (χ1v) is 6.41. The smallest absolute Gasteiger partial charge is 0.270 e. The summed E-state index contributed by atoms with van der Waals surface area (Å²) in [5.74, 6) is -0.0600. The van der Waals surface area contributed by atoms with Crippen LogP contribution in [-0.4, -0.2) is 20.9 Å². The Morgan fingerprint density at radius 1 is 1.28 bits per heavy atom. The lowest BCUT2D eigenvalue weighted by Crippen LogP contribution is -2.14. The topological polar surface area (TPSA) is 67.8 Å². The number of aryl methyl sites for hydroxylation is 3. The van der Waals surface area contributed by atoms with Crippen molar-refractivity contribution in [2.75, 3.05) is 5.32 Å². The van der Waals surface area contributed by atoms with E-state index in [2.05, 4.69) is 20.3 Å². The molecule has 0 aliphatic rings. The zero-order chi connectivity index (χ0) is 13.3. The second-order valence-corrected chi connectivity index (χ2v) is 5.35. The van der Waals surface area contributed by atoms with Crippen LogP contribution in [0.15, 0.2) is 6.07 Å². The van der Waals surface area contributed by atoms with Gasteiger partial charge in [0.05, 0.1) is 10.7 Å². The molecule has 18 heavy (non-hydrogen) atoms. The Bertz CT molecular complexity index is 591. The van der Waals surface area contributed by atoms with Gasteiger partial charge in [-0.05, 0) is 26.8 Å². The van der Waals surface area contributed by atoms with Crippen LogP contribution in [0.2, 0.25) is 5.15 Å². The molecule has 0 aromatic carbocycles. The molecule has 2 aromatic rings. The van der Waals surface area contributed by atoms with Gasteiger partial charge in [0.25, 0.3) is 5.91 Å². The Hall–Kier alpha value is -1.53. The van der Waals surface area contributed by atoms with Gasteiger partial charge in [-0.25, -0.2) is 15.0 Å². The van der Waals surface area contributed by atoms with Gasteiger partial charge in [-0.15, -0.1) is 11.3 Å². The maximum absolute atomic E-state index is 12.0. The largest absolute Gasteiger partial charge is 0.290 e. The van der Waals surface area contributed by atoms with E-state index in [4.69, 9.17) is 11.6 Å². The molecule has 0 saturated heterocycles. The van der Waals surface area contributed by atoms with Crippen molar-refractivity contribution in [3.8, 4) is 0 Å². The van der Waals surface area contributed by atoms with Crippen LogP contribution in [0, 0.1) is 20.8 Å². The lowest BCUT2D eigenvalue weighted by molar-refractivity contribution is 0.102. The van der Waals surface area contributed by atoms with Crippen molar-refractivity contribution < 1.29 is 4.79 Å². The minimum atomic E-state index is -0.264. The molecule has 94 valence electrons. The highest BCUT2D eigenvalue weighted by atomic mass is 35.5. The number of hydrogen-bond acceptors (Lipinski definition) is 5. The molecule has 5 nitrogen and oxygen atoms in total. The third kappa shape index (κ3) is 2.83. The van der Waals surface area contributed by atoms with Gasteiger partial charge in [0.15, 0.2) is 0 Å². The summed E-state index contributed by atoms with van der Waals surface area (Å²) in [5, 5.41) is 3.77. The van der Waals surface area contributed by atoms with E-state index in [1.807, 2.05) is 6.92 Å². The fourth-order valence-electron chi connectivity index (χ4n) is 1.49. The van der Waals surface area contributed by atoms with Gasteiger partial charge in [-0.1, -0.05) is 11.6 Å². The SMILES string of the molecule is Cc1cc(Cl)nc(NC(=O)c2sc(C)nc2C)n1. The van der Waals surface area contributed by atoms with Gasteiger partial charge in [0.1, 0.15) is 10.0 Å². The second kappa shape index (κ2) is 4.99. The van der Waals surface area contributed by atoms with Crippen molar-refractivity contribution in [1.29, 1.82) is 0 Å². The monoisotopic (exact) mass is 282 g/mol. The van der Waals surface area contributed by atoms with Gasteiger partial charge in [-0.3, -0.25) is 10.1 Å². The van der Waals surface area contributed by atoms with E-state index in [0.717, 1.165) is 5.01 Å². The Morgan fingerprint density at radius 2 is 2.00 bits per heavy atom. The van der Waals surface area contributed by atoms with Crippen LogP contribution in [0.3, 0.4) is 0 Å². The van der Waals surface area contributed by atoms with Crippen molar-refractivity contribution in [1.82, 2.24) is 15.0 Å². The highest BCUT2D eigenvalue weighted by Crippen LogP contribution is 2.18. The van der Waals surface area contributed by atoms with E-state index in [9.17, 15) is 4.79 Å². The summed E-state index contributed by atoms with van der Waals surface area (Å²) in [7, 11) is 0. The van der Waals surface area contributed by atoms with E-state index in [0.29, 0.717) is 21.4 Å². The average Bonchev–Trinajstić information content (AvgIpc) is 2.56. The van der Waals surface area contributed by atoms with Gasteiger partial charge in [-0.2, -0.15) is 0 Å².